The number of hydrogen-bond acceptors (Lipinski definition) is 6. The lowest BCUT2D eigenvalue weighted by Crippen LogP contribution is -2.24. The van der Waals surface area contributed by atoms with Crippen molar-refractivity contribution < 1.29 is 16.8 Å². The lowest BCUT2D eigenvalue weighted by Gasteiger charge is -2.06. The zero-order valence-electron chi connectivity index (χ0n) is 13.0. The molecule has 0 atom stereocenters. The molecule has 10 heteroatoms. The van der Waals surface area contributed by atoms with Crippen LogP contribution in [-0.4, -0.2) is 29.9 Å². The van der Waals surface area contributed by atoms with E-state index < -0.39 is 20.0 Å². The van der Waals surface area contributed by atoms with Crippen LogP contribution in [0.3, 0.4) is 0 Å². The minimum absolute atomic E-state index is 0.325. The first-order valence-corrected chi connectivity index (χ1v) is 12.2. The number of unbranched alkanes of at least 4 members (excludes halogenated alkanes) is 3. The van der Waals surface area contributed by atoms with Gasteiger partial charge in [-0.15, -0.1) is 22.7 Å². The molecule has 0 radical (unpaired) electrons. The molecule has 2 aromatic heterocycles. The lowest BCUT2D eigenvalue weighted by atomic mass is 10.2. The zero-order chi connectivity index (χ0) is 17.5. The topological polar surface area (TPSA) is 92.3 Å². The molecule has 0 saturated carbocycles. The molecular weight excluding hydrogens is 388 g/mol. The van der Waals surface area contributed by atoms with Crippen molar-refractivity contribution in [2.75, 3.05) is 13.1 Å². The molecule has 0 aliphatic heterocycles. The summed E-state index contributed by atoms with van der Waals surface area (Å²) in [6.45, 7) is 0.780. The Morgan fingerprint density at radius 3 is 1.46 bits per heavy atom. The van der Waals surface area contributed by atoms with E-state index in [1.165, 1.54) is 22.7 Å². The van der Waals surface area contributed by atoms with Gasteiger partial charge in [-0.1, -0.05) is 25.0 Å². The highest BCUT2D eigenvalue weighted by Crippen LogP contribution is 2.16. The van der Waals surface area contributed by atoms with Crippen LogP contribution < -0.4 is 9.44 Å². The van der Waals surface area contributed by atoms with Gasteiger partial charge in [-0.05, 0) is 35.7 Å². The summed E-state index contributed by atoms with van der Waals surface area (Å²) in [6, 6.07) is 6.56. The van der Waals surface area contributed by atoms with Gasteiger partial charge in [0, 0.05) is 13.1 Å². The summed E-state index contributed by atoms with van der Waals surface area (Å²) < 4.78 is 53.3. The predicted molar refractivity (Wildman–Crippen MR) is 97.5 cm³/mol. The minimum Gasteiger partial charge on any atom is -0.210 e. The fourth-order valence-electron chi connectivity index (χ4n) is 1.99. The molecule has 0 bridgehead atoms. The molecule has 0 spiro atoms. The van der Waals surface area contributed by atoms with E-state index in [0.717, 1.165) is 25.7 Å². The van der Waals surface area contributed by atoms with Crippen LogP contribution >= 0.6 is 22.7 Å². The molecule has 134 valence electrons. The van der Waals surface area contributed by atoms with Crippen LogP contribution in [-0.2, 0) is 20.0 Å². The van der Waals surface area contributed by atoms with Crippen LogP contribution in [0.5, 0.6) is 0 Å². The summed E-state index contributed by atoms with van der Waals surface area (Å²) >= 11 is 2.38. The van der Waals surface area contributed by atoms with Gasteiger partial charge in [0.15, 0.2) is 0 Å². The third-order valence-corrected chi connectivity index (χ3v) is 8.92. The van der Waals surface area contributed by atoms with E-state index >= 15 is 0 Å². The Balaban J connectivity index is 1.56. The Bertz CT molecular complexity index is 727. The number of nitrogens with one attached hydrogen (secondary N) is 2. The van der Waals surface area contributed by atoms with Gasteiger partial charge in [-0.3, -0.25) is 0 Å². The van der Waals surface area contributed by atoms with Crippen molar-refractivity contribution in [1.29, 1.82) is 0 Å². The van der Waals surface area contributed by atoms with Gasteiger partial charge in [-0.2, -0.15) is 0 Å². The third kappa shape index (κ3) is 5.94. The molecule has 0 fully saturated rings. The zero-order valence-corrected chi connectivity index (χ0v) is 16.2. The van der Waals surface area contributed by atoms with Crippen molar-refractivity contribution in [1.82, 2.24) is 9.44 Å². The Hall–Kier alpha value is -0.780. The molecule has 2 aromatic rings. The van der Waals surface area contributed by atoms with Gasteiger partial charge >= 0.3 is 0 Å². The van der Waals surface area contributed by atoms with E-state index in [1.807, 2.05) is 0 Å². The van der Waals surface area contributed by atoms with E-state index in [0.29, 0.717) is 21.5 Å². The van der Waals surface area contributed by atoms with Crippen LogP contribution in [0.4, 0.5) is 0 Å². The standard InChI is InChI=1S/C14H20N2O4S4/c17-23(18,13-7-5-11-21-13)15-9-3-1-2-4-10-16-24(19,20)14-8-6-12-22-14/h5-8,11-12,15-16H,1-4,9-10H2. The van der Waals surface area contributed by atoms with Gasteiger partial charge in [0.1, 0.15) is 8.42 Å². The molecule has 2 N–H and O–H groups in total. The molecule has 0 aromatic carbocycles. The molecule has 0 aliphatic rings. The van der Waals surface area contributed by atoms with E-state index in [1.54, 1.807) is 35.0 Å². The van der Waals surface area contributed by atoms with Gasteiger partial charge in [-0.25, -0.2) is 26.3 Å². The van der Waals surface area contributed by atoms with Crippen LogP contribution in [0.1, 0.15) is 25.7 Å². The molecule has 0 unspecified atom stereocenters. The Kier molecular flexibility index (Phi) is 7.38. The van der Waals surface area contributed by atoms with Crippen molar-refractivity contribution in [3.05, 3.63) is 35.0 Å². The van der Waals surface area contributed by atoms with Crippen LogP contribution in [0, 0.1) is 0 Å². The van der Waals surface area contributed by atoms with E-state index in [9.17, 15) is 16.8 Å². The number of hydrogen-bond donors (Lipinski definition) is 2. The quantitative estimate of drug-likeness (QED) is 0.559. The van der Waals surface area contributed by atoms with Crippen LogP contribution in [0.15, 0.2) is 43.4 Å². The Labute approximate surface area is 151 Å². The molecular formula is C14H20N2O4S4. The van der Waals surface area contributed by atoms with Gasteiger partial charge in [0.25, 0.3) is 0 Å². The largest absolute Gasteiger partial charge is 0.250 e. The highest BCUT2D eigenvalue weighted by atomic mass is 32.3. The molecule has 24 heavy (non-hydrogen) atoms. The second-order valence-electron chi connectivity index (χ2n) is 5.07. The second kappa shape index (κ2) is 9.07. The highest BCUT2D eigenvalue weighted by molar-refractivity contribution is 7.91. The van der Waals surface area contributed by atoms with E-state index in [-0.39, 0.29) is 0 Å². The SMILES string of the molecule is O=S(=O)(NCCCCCCNS(=O)(=O)c1cccs1)c1cccs1. The average molecular weight is 409 g/mol. The maximum absolute atomic E-state index is 11.9. The Morgan fingerprint density at radius 1 is 0.708 bits per heavy atom. The highest BCUT2D eigenvalue weighted by Gasteiger charge is 2.14. The van der Waals surface area contributed by atoms with Gasteiger partial charge in [0.05, 0.1) is 0 Å². The molecule has 2 heterocycles. The summed E-state index contributed by atoms with van der Waals surface area (Å²) in [7, 11) is -6.76. The third-order valence-electron chi connectivity index (χ3n) is 3.21. The lowest BCUT2D eigenvalue weighted by molar-refractivity contribution is 0.564. The summed E-state index contributed by atoms with van der Waals surface area (Å²) in [5, 5.41) is 3.46. The minimum atomic E-state index is -3.38. The first-order chi connectivity index (χ1) is 11.4. The average Bonchev–Trinajstić information content (AvgIpc) is 3.23. The van der Waals surface area contributed by atoms with Crippen LogP contribution in [0.2, 0.25) is 0 Å². The summed E-state index contributed by atoms with van der Waals surface area (Å²) in [4.78, 5) is 0. The fourth-order valence-corrected chi connectivity index (χ4v) is 6.21. The Morgan fingerprint density at radius 2 is 1.12 bits per heavy atom. The normalized spacial score (nSPS) is 12.5. The van der Waals surface area contributed by atoms with Crippen molar-refractivity contribution in [3.63, 3.8) is 0 Å². The molecule has 0 saturated heterocycles. The monoisotopic (exact) mass is 408 g/mol. The van der Waals surface area contributed by atoms with Crippen molar-refractivity contribution in [2.45, 2.75) is 34.1 Å². The maximum atomic E-state index is 11.9. The molecule has 2 rings (SSSR count). The molecule has 0 aliphatic carbocycles. The molecule has 0 amide bonds. The molecule has 6 nitrogen and oxygen atoms in total. The summed E-state index contributed by atoms with van der Waals surface area (Å²) in [5.74, 6) is 0. The first-order valence-electron chi connectivity index (χ1n) is 7.48. The smallest absolute Gasteiger partial charge is 0.210 e. The maximum Gasteiger partial charge on any atom is 0.250 e. The van der Waals surface area contributed by atoms with Crippen molar-refractivity contribution >= 4 is 42.7 Å². The van der Waals surface area contributed by atoms with Crippen molar-refractivity contribution in [3.8, 4) is 0 Å². The number of sulfonamides is 2. The summed E-state index contributed by atoms with van der Waals surface area (Å²) in [5.41, 5.74) is 0. The van der Waals surface area contributed by atoms with Gasteiger partial charge in [0.2, 0.25) is 20.0 Å². The van der Waals surface area contributed by atoms with Gasteiger partial charge < -0.3 is 0 Å². The van der Waals surface area contributed by atoms with E-state index in [2.05, 4.69) is 9.44 Å². The number of rotatable bonds is 11. The summed E-state index contributed by atoms with van der Waals surface area (Å²) in [6.07, 6.45) is 3.13. The first kappa shape index (κ1) is 19.5. The van der Waals surface area contributed by atoms with Crippen molar-refractivity contribution in [2.24, 2.45) is 0 Å². The number of thiophene rings is 2. The fraction of sp³-hybridized carbons (Fsp3) is 0.429. The van der Waals surface area contributed by atoms with Crippen LogP contribution in [0.25, 0.3) is 0 Å². The second-order valence-corrected chi connectivity index (χ2v) is 11.0. The predicted octanol–water partition coefficient (Wildman–Crippen LogP) is 2.63. The van der Waals surface area contributed by atoms with E-state index in [4.69, 9.17) is 0 Å².